The number of hydrogen-bond acceptors (Lipinski definition) is 3. The van der Waals surface area contributed by atoms with Gasteiger partial charge in [0.2, 0.25) is 5.91 Å². The lowest BCUT2D eigenvalue weighted by molar-refractivity contribution is -0.114. The van der Waals surface area contributed by atoms with E-state index in [1.165, 1.54) is 6.92 Å². The molecule has 5 heteroatoms. The summed E-state index contributed by atoms with van der Waals surface area (Å²) in [5.74, 6) is -0.141. The van der Waals surface area contributed by atoms with E-state index in [4.69, 9.17) is 0 Å². The minimum atomic E-state index is -0.904. The molecule has 17 heavy (non-hydrogen) atoms. The molecule has 0 aliphatic rings. The Bertz CT molecular complexity index is 367. The van der Waals surface area contributed by atoms with E-state index < -0.39 is 12.2 Å². The van der Waals surface area contributed by atoms with Crippen LogP contribution in [0, 0.1) is 0 Å². The summed E-state index contributed by atoms with van der Waals surface area (Å²) in [6, 6.07) is 6.77. The maximum atomic E-state index is 10.8. The van der Waals surface area contributed by atoms with Crippen molar-refractivity contribution in [3.63, 3.8) is 0 Å². The maximum absolute atomic E-state index is 10.8. The van der Waals surface area contributed by atoms with Crippen LogP contribution in [-0.2, 0) is 4.79 Å². The molecule has 1 amide bonds. The van der Waals surface area contributed by atoms with Crippen LogP contribution >= 0.6 is 15.9 Å². The molecule has 0 aliphatic heterocycles. The van der Waals surface area contributed by atoms with E-state index in [0.29, 0.717) is 23.0 Å². The quantitative estimate of drug-likeness (QED) is 0.727. The highest BCUT2D eigenvalue weighted by Gasteiger charge is 2.17. The van der Waals surface area contributed by atoms with E-state index in [-0.39, 0.29) is 5.91 Å². The highest BCUT2D eigenvalue weighted by atomic mass is 79.9. The number of rotatable bonds is 5. The summed E-state index contributed by atoms with van der Waals surface area (Å²) >= 11 is 3.21. The normalized spacial score (nSPS) is 14.1. The van der Waals surface area contributed by atoms with Crippen molar-refractivity contribution in [1.82, 2.24) is 0 Å². The van der Waals surface area contributed by atoms with Gasteiger partial charge < -0.3 is 15.5 Å². The van der Waals surface area contributed by atoms with Crippen molar-refractivity contribution in [2.75, 3.05) is 10.6 Å². The smallest absolute Gasteiger partial charge is 0.221 e. The van der Waals surface area contributed by atoms with Crippen molar-refractivity contribution in [2.24, 2.45) is 0 Å². The van der Waals surface area contributed by atoms with Crippen LogP contribution in [0.4, 0.5) is 5.69 Å². The van der Waals surface area contributed by atoms with Crippen LogP contribution in [0.3, 0.4) is 0 Å². The molecule has 2 atom stereocenters. The fraction of sp³-hybridized carbons (Fsp3) is 0.417. The summed E-state index contributed by atoms with van der Waals surface area (Å²) in [6.45, 7) is 1.43. The highest BCUT2D eigenvalue weighted by Crippen LogP contribution is 2.21. The topological polar surface area (TPSA) is 69.6 Å². The summed E-state index contributed by atoms with van der Waals surface area (Å²) in [7, 11) is 0. The summed E-state index contributed by atoms with van der Waals surface area (Å²) < 4.78 is 0. The number of aliphatic hydroxyl groups excluding tert-OH is 2. The minimum Gasteiger partial charge on any atom is -0.390 e. The fourth-order valence-corrected chi connectivity index (χ4v) is 1.93. The first-order chi connectivity index (χ1) is 8.04. The number of alkyl halides is 1. The lowest BCUT2D eigenvalue weighted by Crippen LogP contribution is -2.18. The van der Waals surface area contributed by atoms with Crippen molar-refractivity contribution >= 4 is 27.5 Å². The first-order valence-electron chi connectivity index (χ1n) is 5.34. The molecular formula is C12H16BrNO3. The standard InChI is InChI=1S/C12H16BrNO3/c1-8(15)14-10-4-2-9(3-5-10)12(17)11(16)6-7-13/h2-5,11-12,16-17H,6-7H2,1H3,(H,14,15). The molecule has 1 rings (SSSR count). The van der Waals surface area contributed by atoms with Crippen LogP contribution in [0.5, 0.6) is 0 Å². The van der Waals surface area contributed by atoms with Crippen LogP contribution in [0.15, 0.2) is 24.3 Å². The van der Waals surface area contributed by atoms with E-state index in [2.05, 4.69) is 21.2 Å². The molecule has 0 aromatic heterocycles. The first kappa shape index (κ1) is 14.2. The van der Waals surface area contributed by atoms with Crippen molar-refractivity contribution in [2.45, 2.75) is 25.6 Å². The van der Waals surface area contributed by atoms with Gasteiger partial charge in [-0.1, -0.05) is 28.1 Å². The Labute approximate surface area is 109 Å². The Morgan fingerprint density at radius 2 is 1.94 bits per heavy atom. The number of carbonyl (C=O) groups excluding carboxylic acids is 1. The van der Waals surface area contributed by atoms with E-state index >= 15 is 0 Å². The number of aliphatic hydroxyl groups is 2. The fourth-order valence-electron chi connectivity index (χ4n) is 1.46. The van der Waals surface area contributed by atoms with Crippen LogP contribution in [0.25, 0.3) is 0 Å². The average molecular weight is 302 g/mol. The molecule has 0 fully saturated rings. The van der Waals surface area contributed by atoms with E-state index in [9.17, 15) is 15.0 Å². The van der Waals surface area contributed by atoms with Gasteiger partial charge in [0.1, 0.15) is 6.10 Å². The molecular weight excluding hydrogens is 286 g/mol. The van der Waals surface area contributed by atoms with Gasteiger partial charge in [0.25, 0.3) is 0 Å². The molecule has 0 spiro atoms. The Kier molecular flexibility index (Phi) is 5.61. The van der Waals surface area contributed by atoms with Gasteiger partial charge in [0, 0.05) is 17.9 Å². The van der Waals surface area contributed by atoms with Crippen molar-refractivity contribution in [3.8, 4) is 0 Å². The zero-order valence-electron chi connectivity index (χ0n) is 9.56. The van der Waals surface area contributed by atoms with Crippen LogP contribution in [-0.4, -0.2) is 27.6 Å². The number of anilines is 1. The molecule has 2 unspecified atom stereocenters. The molecule has 1 aromatic rings. The second kappa shape index (κ2) is 6.74. The second-order valence-corrected chi connectivity index (χ2v) is 4.59. The number of benzene rings is 1. The molecule has 0 bridgehead atoms. The van der Waals surface area contributed by atoms with E-state index in [0.717, 1.165) is 0 Å². The third-order valence-corrected chi connectivity index (χ3v) is 2.80. The molecule has 94 valence electrons. The number of carbonyl (C=O) groups is 1. The zero-order chi connectivity index (χ0) is 12.8. The third kappa shape index (κ3) is 4.46. The molecule has 0 heterocycles. The van der Waals surface area contributed by atoms with Gasteiger partial charge in [-0.05, 0) is 24.1 Å². The van der Waals surface area contributed by atoms with Crippen molar-refractivity contribution < 1.29 is 15.0 Å². The summed E-state index contributed by atoms with van der Waals surface area (Å²) in [5.41, 5.74) is 1.30. The average Bonchev–Trinajstić information content (AvgIpc) is 2.28. The molecule has 0 radical (unpaired) electrons. The third-order valence-electron chi connectivity index (χ3n) is 2.34. The SMILES string of the molecule is CC(=O)Nc1ccc(C(O)C(O)CCBr)cc1. The van der Waals surface area contributed by atoms with Gasteiger partial charge in [-0.15, -0.1) is 0 Å². The molecule has 4 nitrogen and oxygen atoms in total. The predicted molar refractivity (Wildman–Crippen MR) is 70.1 cm³/mol. The second-order valence-electron chi connectivity index (χ2n) is 3.79. The van der Waals surface area contributed by atoms with Gasteiger partial charge in [-0.2, -0.15) is 0 Å². The van der Waals surface area contributed by atoms with Crippen molar-refractivity contribution in [3.05, 3.63) is 29.8 Å². The van der Waals surface area contributed by atoms with Crippen molar-refractivity contribution in [1.29, 1.82) is 0 Å². The van der Waals surface area contributed by atoms with Gasteiger partial charge in [0.15, 0.2) is 0 Å². The lowest BCUT2D eigenvalue weighted by Gasteiger charge is -2.17. The summed E-state index contributed by atoms with van der Waals surface area (Å²) in [5, 5.41) is 22.7. The molecule has 3 N–H and O–H groups in total. The van der Waals surface area contributed by atoms with Gasteiger partial charge in [-0.25, -0.2) is 0 Å². The molecule has 0 aliphatic carbocycles. The number of halogens is 1. The Balaban J connectivity index is 2.69. The van der Waals surface area contributed by atoms with Gasteiger partial charge in [0.05, 0.1) is 6.10 Å². The first-order valence-corrected chi connectivity index (χ1v) is 6.46. The molecule has 0 saturated carbocycles. The lowest BCUT2D eigenvalue weighted by atomic mass is 10.0. The number of amides is 1. The van der Waals surface area contributed by atoms with Crippen LogP contribution in [0.1, 0.15) is 25.0 Å². The number of nitrogens with one attached hydrogen (secondary N) is 1. The van der Waals surface area contributed by atoms with Crippen LogP contribution in [0.2, 0.25) is 0 Å². The number of hydrogen-bond donors (Lipinski definition) is 3. The van der Waals surface area contributed by atoms with E-state index in [1.54, 1.807) is 24.3 Å². The predicted octanol–water partition coefficient (Wildman–Crippen LogP) is 1.82. The maximum Gasteiger partial charge on any atom is 0.221 e. The Morgan fingerprint density at radius 1 is 1.35 bits per heavy atom. The summed E-state index contributed by atoms with van der Waals surface area (Å²) in [4.78, 5) is 10.8. The monoisotopic (exact) mass is 301 g/mol. The zero-order valence-corrected chi connectivity index (χ0v) is 11.1. The summed E-state index contributed by atoms with van der Waals surface area (Å²) in [6.07, 6.45) is -1.21. The van der Waals surface area contributed by atoms with Gasteiger partial charge >= 0.3 is 0 Å². The van der Waals surface area contributed by atoms with E-state index in [1.807, 2.05) is 0 Å². The highest BCUT2D eigenvalue weighted by molar-refractivity contribution is 9.09. The largest absolute Gasteiger partial charge is 0.390 e. The molecule has 0 saturated heterocycles. The minimum absolute atomic E-state index is 0.141. The Morgan fingerprint density at radius 3 is 2.41 bits per heavy atom. The van der Waals surface area contributed by atoms with Gasteiger partial charge in [-0.3, -0.25) is 4.79 Å². The molecule has 1 aromatic carbocycles. The Hall–Kier alpha value is -0.910. The van der Waals surface area contributed by atoms with Crippen LogP contribution < -0.4 is 5.32 Å².